The maximum Gasteiger partial charge on any atom is 0.249 e. The van der Waals surface area contributed by atoms with Crippen LogP contribution in [0.25, 0.3) is 11.5 Å². The Balaban J connectivity index is 0.00000161. The van der Waals surface area contributed by atoms with E-state index in [1.165, 1.54) is 0 Å². The molecule has 3 rings (SSSR count). The summed E-state index contributed by atoms with van der Waals surface area (Å²) in [5.74, 6) is 1.00. The van der Waals surface area contributed by atoms with Crippen LogP contribution in [0.15, 0.2) is 22.7 Å². The van der Waals surface area contributed by atoms with Gasteiger partial charge in [-0.2, -0.15) is 0 Å². The van der Waals surface area contributed by atoms with Gasteiger partial charge in [0.1, 0.15) is 6.10 Å². The number of hydrogen-bond donors (Lipinski definition) is 1. The molecule has 0 aliphatic carbocycles. The SMILES string of the molecule is CCc1ccc(-c2nnc([C@@H]3CC[C@@H](N)CO3)o2)cn1.Cl. The number of nitrogens with two attached hydrogens (primary N) is 1. The highest BCUT2D eigenvalue weighted by Crippen LogP contribution is 2.28. The first-order valence-electron chi connectivity index (χ1n) is 6.92. The van der Waals surface area contributed by atoms with E-state index in [2.05, 4.69) is 22.1 Å². The van der Waals surface area contributed by atoms with Gasteiger partial charge in [0.15, 0.2) is 0 Å². The van der Waals surface area contributed by atoms with E-state index in [1.807, 2.05) is 12.1 Å². The molecule has 1 fully saturated rings. The van der Waals surface area contributed by atoms with Crippen LogP contribution >= 0.6 is 12.4 Å². The Kier molecular flexibility index (Phi) is 5.27. The number of hydrogen-bond acceptors (Lipinski definition) is 6. The summed E-state index contributed by atoms with van der Waals surface area (Å²) < 4.78 is 11.3. The summed E-state index contributed by atoms with van der Waals surface area (Å²) in [7, 11) is 0. The largest absolute Gasteiger partial charge is 0.418 e. The van der Waals surface area contributed by atoms with Gasteiger partial charge in [-0.3, -0.25) is 4.98 Å². The molecule has 0 radical (unpaired) electrons. The van der Waals surface area contributed by atoms with Crippen molar-refractivity contribution in [2.45, 2.75) is 38.3 Å². The third kappa shape index (κ3) is 3.58. The summed E-state index contributed by atoms with van der Waals surface area (Å²) in [6, 6.07) is 4.02. The molecule has 0 bridgehead atoms. The molecule has 1 saturated heterocycles. The smallest absolute Gasteiger partial charge is 0.249 e. The van der Waals surface area contributed by atoms with E-state index in [0.717, 1.165) is 30.5 Å². The molecule has 7 heteroatoms. The standard InChI is InChI=1S/C14H18N4O2.ClH/c1-2-11-5-3-9(7-16-11)13-17-18-14(20-13)12-6-4-10(15)8-19-12;/h3,5,7,10,12H,2,4,6,8,15H2,1H3;1H/t10-,12+;/m1./s1. The van der Waals surface area contributed by atoms with Crippen LogP contribution in [0.4, 0.5) is 0 Å². The van der Waals surface area contributed by atoms with E-state index in [1.54, 1.807) is 6.20 Å². The van der Waals surface area contributed by atoms with Crippen LogP contribution in [0.2, 0.25) is 0 Å². The zero-order valence-corrected chi connectivity index (χ0v) is 12.7. The number of aromatic nitrogens is 3. The van der Waals surface area contributed by atoms with Crippen molar-refractivity contribution in [2.75, 3.05) is 6.61 Å². The van der Waals surface area contributed by atoms with Gasteiger partial charge in [-0.05, 0) is 31.4 Å². The number of ether oxygens (including phenoxy) is 1. The van der Waals surface area contributed by atoms with Crippen molar-refractivity contribution >= 4 is 12.4 Å². The van der Waals surface area contributed by atoms with Crippen molar-refractivity contribution in [3.05, 3.63) is 29.9 Å². The minimum atomic E-state index is -0.140. The lowest BCUT2D eigenvalue weighted by molar-refractivity contribution is -0.0111. The van der Waals surface area contributed by atoms with E-state index >= 15 is 0 Å². The zero-order valence-electron chi connectivity index (χ0n) is 11.9. The van der Waals surface area contributed by atoms with E-state index in [0.29, 0.717) is 18.4 Å². The molecule has 1 aliphatic heterocycles. The summed E-state index contributed by atoms with van der Waals surface area (Å²) in [5.41, 5.74) is 7.67. The van der Waals surface area contributed by atoms with Crippen LogP contribution in [0.1, 0.15) is 37.5 Å². The molecule has 21 heavy (non-hydrogen) atoms. The van der Waals surface area contributed by atoms with Crippen LogP contribution in [0.5, 0.6) is 0 Å². The molecule has 2 aromatic rings. The third-order valence-electron chi connectivity index (χ3n) is 3.46. The Hall–Kier alpha value is -1.50. The Bertz CT molecular complexity index is 565. The van der Waals surface area contributed by atoms with Gasteiger partial charge in [0.05, 0.1) is 12.2 Å². The van der Waals surface area contributed by atoms with Gasteiger partial charge in [0, 0.05) is 17.9 Å². The fraction of sp³-hybridized carbons (Fsp3) is 0.500. The fourth-order valence-electron chi connectivity index (χ4n) is 2.21. The quantitative estimate of drug-likeness (QED) is 0.936. The van der Waals surface area contributed by atoms with E-state index < -0.39 is 0 Å². The van der Waals surface area contributed by atoms with Crippen LogP contribution in [0.3, 0.4) is 0 Å². The zero-order chi connectivity index (χ0) is 13.9. The molecule has 0 saturated carbocycles. The van der Waals surface area contributed by atoms with E-state index in [4.69, 9.17) is 14.9 Å². The van der Waals surface area contributed by atoms with Crippen LogP contribution in [-0.4, -0.2) is 27.8 Å². The molecular formula is C14H19ClN4O2. The molecular weight excluding hydrogens is 292 g/mol. The lowest BCUT2D eigenvalue weighted by Gasteiger charge is -2.23. The predicted octanol–water partition coefficient (Wildman–Crippen LogP) is 2.29. The first-order chi connectivity index (χ1) is 9.76. The lowest BCUT2D eigenvalue weighted by atomic mass is 10.1. The van der Waals surface area contributed by atoms with Crippen LogP contribution < -0.4 is 5.73 Å². The molecule has 2 atom stereocenters. The topological polar surface area (TPSA) is 87.1 Å². The lowest BCUT2D eigenvalue weighted by Crippen LogP contribution is -2.32. The molecule has 0 spiro atoms. The number of rotatable bonds is 3. The highest BCUT2D eigenvalue weighted by atomic mass is 35.5. The molecule has 114 valence electrons. The van der Waals surface area contributed by atoms with E-state index in [-0.39, 0.29) is 24.6 Å². The summed E-state index contributed by atoms with van der Waals surface area (Å²) >= 11 is 0. The van der Waals surface area contributed by atoms with Gasteiger partial charge in [-0.1, -0.05) is 6.92 Å². The van der Waals surface area contributed by atoms with Gasteiger partial charge >= 0.3 is 0 Å². The monoisotopic (exact) mass is 310 g/mol. The molecule has 2 aromatic heterocycles. The minimum Gasteiger partial charge on any atom is -0.418 e. The molecule has 0 amide bonds. The van der Waals surface area contributed by atoms with Crippen molar-refractivity contribution in [3.63, 3.8) is 0 Å². The average molecular weight is 311 g/mol. The third-order valence-corrected chi connectivity index (χ3v) is 3.46. The first kappa shape index (κ1) is 15.9. The maximum atomic E-state index is 5.80. The highest BCUT2D eigenvalue weighted by molar-refractivity contribution is 5.85. The Morgan fingerprint density at radius 2 is 2.14 bits per heavy atom. The van der Waals surface area contributed by atoms with Gasteiger partial charge in [0.25, 0.3) is 0 Å². The summed E-state index contributed by atoms with van der Waals surface area (Å²) in [5, 5.41) is 8.14. The van der Waals surface area contributed by atoms with E-state index in [9.17, 15) is 0 Å². The maximum absolute atomic E-state index is 5.80. The van der Waals surface area contributed by atoms with Gasteiger partial charge in [-0.25, -0.2) is 0 Å². The Morgan fingerprint density at radius 1 is 1.29 bits per heavy atom. The molecule has 2 N–H and O–H groups in total. The molecule has 0 aromatic carbocycles. The first-order valence-corrected chi connectivity index (χ1v) is 6.92. The highest BCUT2D eigenvalue weighted by Gasteiger charge is 2.25. The summed E-state index contributed by atoms with van der Waals surface area (Å²) in [6.45, 7) is 2.60. The number of pyridine rings is 1. The average Bonchev–Trinajstić information content (AvgIpc) is 2.98. The number of aryl methyl sites for hydroxylation is 1. The Morgan fingerprint density at radius 3 is 2.76 bits per heavy atom. The Labute approximate surface area is 129 Å². The van der Waals surface area contributed by atoms with Crippen molar-refractivity contribution in [1.29, 1.82) is 0 Å². The van der Waals surface area contributed by atoms with Crippen molar-refractivity contribution in [3.8, 4) is 11.5 Å². The predicted molar refractivity (Wildman–Crippen MR) is 80.1 cm³/mol. The number of nitrogens with zero attached hydrogens (tertiary/aromatic N) is 3. The van der Waals surface area contributed by atoms with Gasteiger partial charge < -0.3 is 14.9 Å². The molecule has 0 unspecified atom stereocenters. The van der Waals surface area contributed by atoms with Crippen molar-refractivity contribution in [2.24, 2.45) is 5.73 Å². The summed E-state index contributed by atoms with van der Waals surface area (Å²) in [4.78, 5) is 4.33. The fourth-order valence-corrected chi connectivity index (χ4v) is 2.21. The van der Waals surface area contributed by atoms with Gasteiger partial charge in [0.2, 0.25) is 11.8 Å². The number of halogens is 1. The second-order valence-electron chi connectivity index (χ2n) is 5.00. The molecule has 1 aliphatic rings. The van der Waals surface area contributed by atoms with Crippen LogP contribution in [0, 0.1) is 0 Å². The van der Waals surface area contributed by atoms with Crippen molar-refractivity contribution in [1.82, 2.24) is 15.2 Å². The second-order valence-corrected chi connectivity index (χ2v) is 5.00. The summed E-state index contributed by atoms with van der Waals surface area (Å²) in [6.07, 6.45) is 4.25. The second kappa shape index (κ2) is 6.98. The van der Waals surface area contributed by atoms with Crippen LogP contribution in [-0.2, 0) is 11.2 Å². The molecule has 3 heterocycles. The van der Waals surface area contributed by atoms with Crippen molar-refractivity contribution < 1.29 is 9.15 Å². The minimum absolute atomic E-state index is 0. The normalized spacial score (nSPS) is 21.8. The van der Waals surface area contributed by atoms with Gasteiger partial charge in [-0.15, -0.1) is 22.6 Å². The molecule has 6 nitrogen and oxygen atoms in total.